The van der Waals surface area contributed by atoms with Crippen LogP contribution in [0, 0.1) is 0 Å². The lowest BCUT2D eigenvalue weighted by Crippen LogP contribution is -2.05. The first-order chi connectivity index (χ1) is 9.75. The average molecular weight is 293 g/mol. The molecule has 1 heterocycles. The second-order valence-electron chi connectivity index (χ2n) is 4.26. The molecule has 0 aliphatic rings. The van der Waals surface area contributed by atoms with Gasteiger partial charge in [-0.1, -0.05) is 41.9 Å². The van der Waals surface area contributed by atoms with Crippen LogP contribution in [0.5, 0.6) is 5.88 Å². The lowest BCUT2D eigenvalue weighted by atomic mass is 10.2. The summed E-state index contributed by atoms with van der Waals surface area (Å²) in [4.78, 5) is 4.02. The van der Waals surface area contributed by atoms with Crippen molar-refractivity contribution in [3.05, 3.63) is 53.1 Å². The van der Waals surface area contributed by atoms with Crippen molar-refractivity contribution in [2.45, 2.75) is 13.0 Å². The summed E-state index contributed by atoms with van der Waals surface area (Å²) in [6.07, 6.45) is 0.764. The number of rotatable bonds is 7. The molecular weight excluding hydrogens is 276 g/mol. The Morgan fingerprint density at radius 3 is 2.65 bits per heavy atom. The maximum atomic E-state index is 5.94. The molecule has 2 N–H and O–H groups in total. The smallest absolute Gasteiger partial charge is 0.234 e. The van der Waals surface area contributed by atoms with Crippen molar-refractivity contribution in [1.82, 2.24) is 4.98 Å². The summed E-state index contributed by atoms with van der Waals surface area (Å²) < 4.78 is 11.0. The Bertz CT molecular complexity index is 535. The highest BCUT2D eigenvalue weighted by molar-refractivity contribution is 6.31. The molecule has 1 aromatic carbocycles. The summed E-state index contributed by atoms with van der Waals surface area (Å²) in [6, 6.07) is 13.4. The van der Waals surface area contributed by atoms with Crippen molar-refractivity contribution in [1.29, 1.82) is 0 Å². The lowest BCUT2D eigenvalue weighted by molar-refractivity contribution is 0.106. The van der Waals surface area contributed by atoms with E-state index in [0.29, 0.717) is 36.5 Å². The minimum Gasteiger partial charge on any atom is -0.476 e. The van der Waals surface area contributed by atoms with Gasteiger partial charge in [-0.25, -0.2) is 0 Å². The molecule has 0 spiro atoms. The number of nitrogen functional groups attached to an aromatic ring is 1. The molecule has 0 unspecified atom stereocenters. The van der Waals surface area contributed by atoms with Crippen molar-refractivity contribution in [2.24, 2.45) is 0 Å². The first-order valence-electron chi connectivity index (χ1n) is 6.42. The Morgan fingerprint density at radius 2 is 1.85 bits per heavy atom. The zero-order valence-corrected chi connectivity index (χ0v) is 11.8. The van der Waals surface area contributed by atoms with E-state index in [-0.39, 0.29) is 0 Å². The maximum absolute atomic E-state index is 5.94. The number of pyridine rings is 1. The third-order valence-corrected chi connectivity index (χ3v) is 2.91. The van der Waals surface area contributed by atoms with Crippen LogP contribution in [0.25, 0.3) is 0 Å². The number of hydrogen-bond donors (Lipinski definition) is 1. The van der Waals surface area contributed by atoms with Gasteiger partial charge in [-0.2, -0.15) is 4.98 Å². The van der Waals surface area contributed by atoms with Gasteiger partial charge in [0.2, 0.25) is 5.88 Å². The molecule has 2 rings (SSSR count). The summed E-state index contributed by atoms with van der Waals surface area (Å²) in [5, 5.41) is 0.462. The van der Waals surface area contributed by atoms with Crippen molar-refractivity contribution < 1.29 is 9.47 Å². The third-order valence-electron chi connectivity index (χ3n) is 2.62. The highest BCUT2D eigenvalue weighted by Crippen LogP contribution is 2.22. The van der Waals surface area contributed by atoms with Gasteiger partial charge in [0, 0.05) is 6.42 Å². The summed E-state index contributed by atoms with van der Waals surface area (Å²) in [7, 11) is 0. The molecule has 0 aliphatic heterocycles. The SMILES string of the molecule is Nc1ccc(Cl)c(OCCCOCc2ccccc2)n1. The number of aromatic nitrogens is 1. The van der Waals surface area contributed by atoms with E-state index in [2.05, 4.69) is 4.98 Å². The molecule has 2 aromatic rings. The van der Waals surface area contributed by atoms with Gasteiger partial charge in [0.05, 0.1) is 19.8 Å². The predicted octanol–water partition coefficient (Wildman–Crippen LogP) is 3.30. The molecule has 20 heavy (non-hydrogen) atoms. The van der Waals surface area contributed by atoms with Gasteiger partial charge in [-0.05, 0) is 17.7 Å². The third kappa shape index (κ3) is 4.72. The number of hydrogen-bond acceptors (Lipinski definition) is 4. The first kappa shape index (κ1) is 14.6. The van der Waals surface area contributed by atoms with E-state index in [4.69, 9.17) is 26.8 Å². The standard InChI is InChI=1S/C15H17ClN2O2/c16-13-7-8-14(17)18-15(13)20-10-4-9-19-11-12-5-2-1-3-6-12/h1-3,5-8H,4,9-11H2,(H2,17,18). The molecule has 0 radical (unpaired) electrons. The van der Waals surface area contributed by atoms with Crippen molar-refractivity contribution in [3.8, 4) is 5.88 Å². The van der Waals surface area contributed by atoms with Gasteiger partial charge in [0.15, 0.2) is 0 Å². The van der Waals surface area contributed by atoms with Crippen LogP contribution in [0.2, 0.25) is 5.02 Å². The van der Waals surface area contributed by atoms with Crippen LogP contribution in [-0.4, -0.2) is 18.2 Å². The van der Waals surface area contributed by atoms with Gasteiger partial charge in [-0.3, -0.25) is 0 Å². The van der Waals surface area contributed by atoms with Gasteiger partial charge in [0.25, 0.3) is 0 Å². The molecule has 0 atom stereocenters. The zero-order chi connectivity index (χ0) is 14.2. The number of anilines is 1. The van der Waals surface area contributed by atoms with Gasteiger partial charge in [0.1, 0.15) is 10.8 Å². The largest absolute Gasteiger partial charge is 0.476 e. The van der Waals surface area contributed by atoms with Crippen molar-refractivity contribution in [3.63, 3.8) is 0 Å². The van der Waals surface area contributed by atoms with Crippen LogP contribution in [-0.2, 0) is 11.3 Å². The Hall–Kier alpha value is -1.78. The van der Waals surface area contributed by atoms with Gasteiger partial charge < -0.3 is 15.2 Å². The molecule has 0 saturated carbocycles. The number of nitrogens with two attached hydrogens (primary N) is 1. The van der Waals surface area contributed by atoms with E-state index >= 15 is 0 Å². The predicted molar refractivity (Wildman–Crippen MR) is 79.9 cm³/mol. The highest BCUT2D eigenvalue weighted by Gasteiger charge is 2.03. The number of halogens is 1. The van der Waals surface area contributed by atoms with Crippen molar-refractivity contribution in [2.75, 3.05) is 18.9 Å². The fourth-order valence-corrected chi connectivity index (χ4v) is 1.79. The van der Waals surface area contributed by atoms with Crippen LogP contribution in [0.1, 0.15) is 12.0 Å². The molecule has 0 saturated heterocycles. The second-order valence-corrected chi connectivity index (χ2v) is 4.67. The van der Waals surface area contributed by atoms with Gasteiger partial charge >= 0.3 is 0 Å². The topological polar surface area (TPSA) is 57.4 Å². The zero-order valence-electron chi connectivity index (χ0n) is 11.1. The molecule has 106 valence electrons. The number of ether oxygens (including phenoxy) is 2. The fourth-order valence-electron chi connectivity index (χ4n) is 1.63. The lowest BCUT2D eigenvalue weighted by Gasteiger charge is -2.08. The van der Waals surface area contributed by atoms with Crippen LogP contribution < -0.4 is 10.5 Å². The number of nitrogens with zero attached hydrogens (tertiary/aromatic N) is 1. The fraction of sp³-hybridized carbons (Fsp3) is 0.267. The highest BCUT2D eigenvalue weighted by atomic mass is 35.5. The van der Waals surface area contributed by atoms with Crippen LogP contribution >= 0.6 is 11.6 Å². The maximum Gasteiger partial charge on any atom is 0.234 e. The molecular formula is C15H17ClN2O2. The molecule has 0 amide bonds. The Balaban J connectivity index is 1.63. The summed E-state index contributed by atoms with van der Waals surface area (Å²) in [6.45, 7) is 1.72. The minimum atomic E-state index is 0.370. The van der Waals surface area contributed by atoms with E-state index in [9.17, 15) is 0 Å². The minimum absolute atomic E-state index is 0.370. The Kier molecular flexibility index (Phi) is 5.65. The van der Waals surface area contributed by atoms with E-state index in [1.165, 1.54) is 0 Å². The number of benzene rings is 1. The first-order valence-corrected chi connectivity index (χ1v) is 6.80. The monoisotopic (exact) mass is 292 g/mol. The van der Waals surface area contributed by atoms with E-state index in [1.807, 2.05) is 30.3 Å². The summed E-state index contributed by atoms with van der Waals surface area (Å²) >= 11 is 5.94. The average Bonchev–Trinajstić information content (AvgIpc) is 2.47. The van der Waals surface area contributed by atoms with E-state index < -0.39 is 0 Å². The molecule has 0 bridgehead atoms. The normalized spacial score (nSPS) is 10.4. The van der Waals surface area contributed by atoms with E-state index in [0.717, 1.165) is 12.0 Å². The van der Waals surface area contributed by atoms with Crippen LogP contribution in [0.15, 0.2) is 42.5 Å². The quantitative estimate of drug-likeness (QED) is 0.796. The molecule has 1 aromatic heterocycles. The van der Waals surface area contributed by atoms with Crippen LogP contribution in [0.4, 0.5) is 5.82 Å². The molecule has 0 fully saturated rings. The molecule has 0 aliphatic carbocycles. The molecule has 4 nitrogen and oxygen atoms in total. The van der Waals surface area contributed by atoms with Crippen LogP contribution in [0.3, 0.4) is 0 Å². The Morgan fingerprint density at radius 1 is 1.05 bits per heavy atom. The summed E-state index contributed by atoms with van der Waals surface area (Å²) in [5.41, 5.74) is 6.73. The summed E-state index contributed by atoms with van der Waals surface area (Å²) in [5.74, 6) is 0.763. The Labute approximate surface area is 123 Å². The van der Waals surface area contributed by atoms with Gasteiger partial charge in [-0.15, -0.1) is 0 Å². The van der Waals surface area contributed by atoms with E-state index in [1.54, 1.807) is 12.1 Å². The second kappa shape index (κ2) is 7.72. The molecule has 5 heteroatoms. The van der Waals surface area contributed by atoms with Crippen molar-refractivity contribution >= 4 is 17.4 Å².